The second kappa shape index (κ2) is 7.84. The normalized spacial score (nSPS) is 10.3. The molecule has 1 amide bonds. The number of benzene rings is 2. The Morgan fingerprint density at radius 1 is 1.22 bits per heavy atom. The Morgan fingerprint density at radius 3 is 2.70 bits per heavy atom. The number of amides is 1. The maximum atomic E-state index is 12.4. The van der Waals surface area contributed by atoms with E-state index in [1.165, 1.54) is 12.1 Å². The molecule has 2 aromatic carbocycles. The summed E-state index contributed by atoms with van der Waals surface area (Å²) in [4.78, 5) is 26.9. The fraction of sp³-hybridized carbons (Fsp3) is 0.0526. The van der Waals surface area contributed by atoms with Crippen LogP contribution in [0.25, 0.3) is 0 Å². The van der Waals surface area contributed by atoms with E-state index in [0.29, 0.717) is 17.2 Å². The number of rotatable bonds is 5. The van der Waals surface area contributed by atoms with Gasteiger partial charge in [0.15, 0.2) is 0 Å². The van der Waals surface area contributed by atoms with E-state index >= 15 is 0 Å². The number of pyridine rings is 1. The molecule has 0 saturated heterocycles. The third kappa shape index (κ3) is 4.39. The number of hydrogen-bond acceptors (Lipinski definition) is 5. The first-order valence-corrected chi connectivity index (χ1v) is 8.25. The van der Waals surface area contributed by atoms with Crippen LogP contribution in [0.1, 0.15) is 15.9 Å². The van der Waals surface area contributed by atoms with Gasteiger partial charge in [-0.3, -0.25) is 19.9 Å². The van der Waals surface area contributed by atoms with Gasteiger partial charge in [-0.25, -0.2) is 0 Å². The molecule has 0 fully saturated rings. The molecular weight excluding hydrogens is 370 g/mol. The Bertz CT molecular complexity index is 1010. The third-order valence-corrected chi connectivity index (χ3v) is 3.93. The van der Waals surface area contributed by atoms with Gasteiger partial charge in [0.05, 0.1) is 11.1 Å². The Labute approximate surface area is 159 Å². The van der Waals surface area contributed by atoms with Crippen molar-refractivity contribution in [1.29, 1.82) is 0 Å². The van der Waals surface area contributed by atoms with Gasteiger partial charge >= 0.3 is 0 Å². The summed E-state index contributed by atoms with van der Waals surface area (Å²) in [5, 5.41) is 14.0. The number of carbonyl (C=O) groups excluding carboxylic acids is 1. The van der Waals surface area contributed by atoms with E-state index in [4.69, 9.17) is 16.3 Å². The molecule has 27 heavy (non-hydrogen) atoms. The fourth-order valence-corrected chi connectivity index (χ4v) is 2.59. The largest absolute Gasteiger partial charge is 0.455 e. The van der Waals surface area contributed by atoms with Crippen LogP contribution in [-0.4, -0.2) is 15.8 Å². The first kappa shape index (κ1) is 18.3. The maximum absolute atomic E-state index is 12.4. The third-order valence-electron chi connectivity index (χ3n) is 3.70. The Kier molecular flexibility index (Phi) is 5.33. The minimum atomic E-state index is -0.642. The molecule has 0 aliphatic rings. The summed E-state index contributed by atoms with van der Waals surface area (Å²) < 4.78 is 5.74. The van der Waals surface area contributed by atoms with E-state index in [1.807, 2.05) is 6.92 Å². The molecule has 1 heterocycles. The number of carbonyl (C=O) groups is 1. The lowest BCUT2D eigenvalue weighted by atomic mass is 10.1. The molecule has 0 saturated carbocycles. The molecule has 7 nitrogen and oxygen atoms in total. The van der Waals surface area contributed by atoms with E-state index in [1.54, 1.807) is 42.7 Å². The van der Waals surface area contributed by atoms with Crippen molar-refractivity contribution in [3.8, 4) is 11.5 Å². The lowest BCUT2D eigenvalue weighted by molar-refractivity contribution is -0.385. The predicted octanol–water partition coefficient (Wildman–Crippen LogP) is 5.00. The first-order valence-electron chi connectivity index (χ1n) is 7.88. The van der Waals surface area contributed by atoms with Crippen molar-refractivity contribution in [3.05, 3.63) is 87.2 Å². The molecule has 0 unspecified atom stereocenters. The van der Waals surface area contributed by atoms with Crippen molar-refractivity contribution in [1.82, 2.24) is 4.98 Å². The van der Waals surface area contributed by atoms with Crippen molar-refractivity contribution in [2.75, 3.05) is 5.32 Å². The number of nitrogens with zero attached hydrogens (tertiary/aromatic N) is 2. The molecule has 3 aromatic rings. The van der Waals surface area contributed by atoms with Crippen LogP contribution >= 0.6 is 11.6 Å². The van der Waals surface area contributed by atoms with Crippen molar-refractivity contribution < 1.29 is 14.5 Å². The van der Waals surface area contributed by atoms with E-state index in [-0.39, 0.29) is 16.3 Å². The molecule has 0 bridgehead atoms. The predicted molar refractivity (Wildman–Crippen MR) is 102 cm³/mol. The number of nitro groups is 1. The average Bonchev–Trinajstić information content (AvgIpc) is 2.64. The van der Waals surface area contributed by atoms with Crippen LogP contribution in [0.3, 0.4) is 0 Å². The minimum absolute atomic E-state index is 0.0715. The number of halogens is 1. The van der Waals surface area contributed by atoms with Crippen LogP contribution < -0.4 is 10.1 Å². The smallest absolute Gasteiger partial charge is 0.283 e. The van der Waals surface area contributed by atoms with Gasteiger partial charge in [0, 0.05) is 23.0 Å². The second-order valence-electron chi connectivity index (χ2n) is 5.64. The maximum Gasteiger partial charge on any atom is 0.283 e. The highest BCUT2D eigenvalue weighted by molar-refractivity contribution is 6.31. The summed E-state index contributed by atoms with van der Waals surface area (Å²) in [7, 11) is 0. The van der Waals surface area contributed by atoms with Crippen molar-refractivity contribution >= 4 is 28.9 Å². The van der Waals surface area contributed by atoms with Gasteiger partial charge in [-0.15, -0.1) is 0 Å². The van der Waals surface area contributed by atoms with Gasteiger partial charge in [-0.05, 0) is 55.0 Å². The number of nitro benzene ring substituents is 1. The van der Waals surface area contributed by atoms with Crippen molar-refractivity contribution in [2.24, 2.45) is 0 Å². The van der Waals surface area contributed by atoms with Crippen LogP contribution in [0.5, 0.6) is 11.5 Å². The topological polar surface area (TPSA) is 94.4 Å². The standard InChI is InChI=1S/C19H14ClN3O4/c1-12-9-14(5-7-18(12)27-15-3-2-8-21-11-15)22-19(24)16-6-4-13(20)10-17(16)23(25)26/h2-11H,1H3,(H,22,24). The number of anilines is 1. The first-order chi connectivity index (χ1) is 12.9. The molecule has 1 N–H and O–H groups in total. The summed E-state index contributed by atoms with van der Waals surface area (Å²) in [5.41, 5.74) is 0.841. The minimum Gasteiger partial charge on any atom is -0.455 e. The lowest BCUT2D eigenvalue weighted by Crippen LogP contribution is -2.14. The van der Waals surface area contributed by atoms with Crippen molar-refractivity contribution in [3.63, 3.8) is 0 Å². The number of ether oxygens (including phenoxy) is 1. The van der Waals surface area contributed by atoms with Gasteiger partial charge < -0.3 is 10.1 Å². The van der Waals surface area contributed by atoms with E-state index in [0.717, 1.165) is 11.6 Å². The molecule has 8 heteroatoms. The monoisotopic (exact) mass is 383 g/mol. The Morgan fingerprint density at radius 2 is 2.04 bits per heavy atom. The van der Waals surface area contributed by atoms with Crippen LogP contribution in [0, 0.1) is 17.0 Å². The van der Waals surface area contributed by atoms with Crippen LogP contribution in [0.15, 0.2) is 60.9 Å². The van der Waals surface area contributed by atoms with Crippen LogP contribution in [-0.2, 0) is 0 Å². The van der Waals surface area contributed by atoms with E-state index < -0.39 is 10.8 Å². The number of nitrogens with one attached hydrogen (secondary N) is 1. The van der Waals surface area contributed by atoms with E-state index in [9.17, 15) is 14.9 Å². The quantitative estimate of drug-likeness (QED) is 0.494. The molecule has 0 spiro atoms. The zero-order chi connectivity index (χ0) is 19.4. The number of hydrogen-bond donors (Lipinski definition) is 1. The average molecular weight is 384 g/mol. The second-order valence-corrected chi connectivity index (χ2v) is 6.08. The summed E-state index contributed by atoms with van der Waals surface area (Å²) in [6.07, 6.45) is 3.24. The summed E-state index contributed by atoms with van der Waals surface area (Å²) in [6, 6.07) is 12.5. The number of aromatic nitrogens is 1. The molecule has 1 aromatic heterocycles. The van der Waals surface area contributed by atoms with E-state index in [2.05, 4.69) is 10.3 Å². The van der Waals surface area contributed by atoms with Crippen molar-refractivity contribution in [2.45, 2.75) is 6.92 Å². The molecule has 0 radical (unpaired) electrons. The molecule has 0 aliphatic carbocycles. The van der Waals surface area contributed by atoms with Gasteiger partial charge in [0.1, 0.15) is 17.1 Å². The summed E-state index contributed by atoms with van der Waals surface area (Å²) in [6.45, 7) is 1.83. The zero-order valence-corrected chi connectivity index (χ0v) is 14.9. The SMILES string of the molecule is Cc1cc(NC(=O)c2ccc(Cl)cc2[N+](=O)[O-])ccc1Oc1cccnc1. The zero-order valence-electron chi connectivity index (χ0n) is 14.2. The highest BCUT2D eigenvalue weighted by Crippen LogP contribution is 2.28. The van der Waals surface area contributed by atoms with Gasteiger partial charge in [-0.2, -0.15) is 0 Å². The Balaban J connectivity index is 1.79. The van der Waals surface area contributed by atoms with Gasteiger partial charge in [-0.1, -0.05) is 11.6 Å². The fourth-order valence-electron chi connectivity index (χ4n) is 2.42. The molecule has 3 rings (SSSR count). The highest BCUT2D eigenvalue weighted by atomic mass is 35.5. The Hall–Kier alpha value is -3.45. The van der Waals surface area contributed by atoms with Crippen LogP contribution in [0.4, 0.5) is 11.4 Å². The molecular formula is C19H14ClN3O4. The molecule has 0 aliphatic heterocycles. The summed E-state index contributed by atoms with van der Waals surface area (Å²) >= 11 is 5.78. The van der Waals surface area contributed by atoms with Crippen LogP contribution in [0.2, 0.25) is 5.02 Å². The van der Waals surface area contributed by atoms with Gasteiger partial charge in [0.2, 0.25) is 0 Å². The number of aryl methyl sites for hydroxylation is 1. The highest BCUT2D eigenvalue weighted by Gasteiger charge is 2.20. The lowest BCUT2D eigenvalue weighted by Gasteiger charge is -2.11. The van der Waals surface area contributed by atoms with Gasteiger partial charge in [0.25, 0.3) is 11.6 Å². The molecule has 0 atom stereocenters. The summed E-state index contributed by atoms with van der Waals surface area (Å²) in [5.74, 6) is 0.603. The molecule has 136 valence electrons.